The third kappa shape index (κ3) is 31.9. The van der Waals surface area contributed by atoms with E-state index in [9.17, 15) is 141 Å². The van der Waals surface area contributed by atoms with Gasteiger partial charge in [-0.25, -0.2) is 95.5 Å². The van der Waals surface area contributed by atoms with Crippen molar-refractivity contribution in [3.63, 3.8) is 0 Å². The summed E-state index contributed by atoms with van der Waals surface area (Å²) >= 11 is 23.0. The molecule has 4 saturated heterocycles. The van der Waals surface area contributed by atoms with Crippen molar-refractivity contribution in [2.45, 2.75) is 123 Å². The van der Waals surface area contributed by atoms with Crippen LogP contribution in [0.3, 0.4) is 0 Å². The first-order valence-electron chi connectivity index (χ1n) is 32.2. The molecular weight excluding hydrogens is 2090 g/mol. The van der Waals surface area contributed by atoms with E-state index in [1.54, 1.807) is 0 Å². The second-order valence-corrected chi connectivity index (χ2v) is 45.7. The molecule has 0 amide bonds. The third-order valence-electron chi connectivity index (χ3n) is 16.1. The van der Waals surface area contributed by atoms with Crippen LogP contribution in [0.2, 0.25) is 0 Å². The van der Waals surface area contributed by atoms with Crippen molar-refractivity contribution >= 4 is 163 Å². The summed E-state index contributed by atoms with van der Waals surface area (Å²) in [5, 5.41) is 41.2. The zero-order valence-corrected chi connectivity index (χ0v) is 75.4. The molecule has 7 aliphatic heterocycles. The van der Waals surface area contributed by atoms with Gasteiger partial charge in [-0.05, 0) is 42.9 Å². The maximum atomic E-state index is 14.8. The lowest BCUT2D eigenvalue weighted by atomic mass is 9.94. The van der Waals surface area contributed by atoms with Crippen LogP contribution in [0.1, 0.15) is 26.5 Å². The standard InChI is InChI=1S/C12H19ClF2N3O11P3.C12H20ClFN3O11P3.C12H18ClFN3O11P3.C11H15ClF2N3O12P3.CH4/c1-6-17-8(16)2-3-18(6)11-9(15)10(19)12(5-13,27-11)4-7(14)30(20,21)28-32(25,26)29-31(22,23)24;2*1-7-16-8(15)2-4-17(7)11-9(14)10(18)12(6-13,26-11)3-5-29(19,20)27-31(24,25)28-30(21,22)23;12-4-11(3-5(13)30(20,21)28-32(25,26)29-31(22,23)24)8(18)7(14)9(27-11)17-2-1-6(15)16-10(17)19;/h2-3,7,9-11,19H,1,4-5H2,(H2,16,17)(H,20,21)(H,25,26)(H2,22,23,24);2,4,9-11,18H,1,3,5-6H2,(H2,15,16)(H,19,20)(H,24,25)(H2,21,22,23);2-5,9-11,18H,1,6H2,(H2,15,16)(H,19,20)(H,24,25)(H2,21,22,23);1-3,7-9,18H,4H2,(H,20,21)(H,25,26)(H2,15,16,19)(H2,22,23,24);1H4/b;;2*5-3-;/t7?,9-,10+,11-,12+;2*9-,10+,11-,12+;7-,8+,9-,11+;/m1111./s1. The van der Waals surface area contributed by atoms with Crippen molar-refractivity contribution in [1.29, 1.82) is 0 Å². The van der Waals surface area contributed by atoms with Crippen LogP contribution in [-0.2, 0) is 108 Å². The van der Waals surface area contributed by atoms with Crippen LogP contribution in [0.25, 0.3) is 0 Å². The number of nitrogens with zero attached hydrogens (tertiary/aromatic N) is 8. The fourth-order valence-electron chi connectivity index (χ4n) is 10.7. The monoisotopic (exact) mass is 2170 g/mol. The van der Waals surface area contributed by atoms with Gasteiger partial charge in [0.25, 0.3) is 0 Å². The lowest BCUT2D eigenvalue weighted by molar-refractivity contribution is -0.108. The number of halogens is 10. The average molecular weight is 2170 g/mol. The second-order valence-electron chi connectivity index (χ2n) is 25.4. The largest absolute Gasteiger partial charge is 0.488 e. The quantitative estimate of drug-likeness (QED) is 0.0268. The number of amidine groups is 3. The second kappa shape index (κ2) is 43.3. The number of alkyl halides is 9. The lowest BCUT2D eigenvalue weighted by Gasteiger charge is -2.33. The first-order chi connectivity index (χ1) is 56.9. The van der Waals surface area contributed by atoms with Crippen molar-refractivity contribution in [3.8, 4) is 0 Å². The number of phosphoric acid groups is 8. The van der Waals surface area contributed by atoms with E-state index in [0.29, 0.717) is 10.6 Å². The number of aromatic nitrogens is 2. The van der Waals surface area contributed by atoms with Gasteiger partial charge in [-0.3, -0.25) is 22.8 Å². The fraction of sp³-hybridized carbons (Fsp3) is 0.521. The van der Waals surface area contributed by atoms with E-state index < -0.39 is 249 Å². The van der Waals surface area contributed by atoms with Crippen LogP contribution in [0.4, 0.5) is 32.2 Å². The summed E-state index contributed by atoms with van der Waals surface area (Å²) in [5.74, 6) is -6.18. The Bertz CT molecular complexity index is 5220. The number of nitrogens with two attached hydrogens (primary N) is 4. The van der Waals surface area contributed by atoms with Crippen LogP contribution >= 0.6 is 139 Å². The van der Waals surface area contributed by atoms with Gasteiger partial charge >= 0.3 is 98.7 Å². The van der Waals surface area contributed by atoms with Gasteiger partial charge in [0.05, 0.1) is 29.7 Å². The lowest BCUT2D eigenvalue weighted by Crippen LogP contribution is -2.46. The van der Waals surface area contributed by atoms with E-state index in [-0.39, 0.29) is 60.1 Å². The van der Waals surface area contributed by atoms with Gasteiger partial charge in [0.2, 0.25) is 11.5 Å². The fourth-order valence-corrected chi connectivity index (χ4v) is 25.9. The van der Waals surface area contributed by atoms with Crippen LogP contribution in [0.15, 0.2) is 130 Å². The molecule has 0 radical (unpaired) electrons. The molecule has 1 aromatic heterocycles. The Balaban J connectivity index is 0.000000354. The molecule has 79 heteroatoms. The Kier molecular flexibility index (Phi) is 39.6. The van der Waals surface area contributed by atoms with Crippen LogP contribution in [0, 0.1) is 0 Å². The molecule has 25 atom stereocenters. The highest BCUT2D eigenvalue weighted by Gasteiger charge is 2.63. The molecule has 0 saturated carbocycles. The molecule has 728 valence electrons. The van der Waals surface area contributed by atoms with E-state index in [1.165, 1.54) is 36.8 Å². The van der Waals surface area contributed by atoms with Crippen LogP contribution in [0.5, 0.6) is 0 Å². The molecule has 7 aliphatic rings. The van der Waals surface area contributed by atoms with Gasteiger partial charge in [0.1, 0.15) is 87.6 Å². The van der Waals surface area contributed by atoms with Gasteiger partial charge in [0, 0.05) is 37.0 Å². The van der Waals surface area contributed by atoms with Crippen molar-refractivity contribution in [2.75, 3.05) is 35.4 Å². The Morgan fingerprint density at radius 3 is 1.24 bits per heavy atom. The summed E-state index contributed by atoms with van der Waals surface area (Å²) in [7, 11) is -67.9. The maximum Gasteiger partial charge on any atom is 0.488 e. The van der Waals surface area contributed by atoms with E-state index in [0.717, 1.165) is 27.0 Å². The predicted octanol–water partition coefficient (Wildman–Crippen LogP) is 2.75. The summed E-state index contributed by atoms with van der Waals surface area (Å²) in [6, 6.07) is 1.07. The Morgan fingerprint density at radius 1 is 0.504 bits per heavy atom. The molecule has 127 heavy (non-hydrogen) atoms. The van der Waals surface area contributed by atoms with E-state index in [2.05, 4.69) is 74.2 Å². The van der Waals surface area contributed by atoms with Gasteiger partial charge in [-0.1, -0.05) is 27.2 Å². The van der Waals surface area contributed by atoms with Crippen molar-refractivity contribution in [1.82, 2.24) is 24.3 Å². The normalized spacial score (nSPS) is 32.4. The predicted molar refractivity (Wildman–Crippen MR) is 420 cm³/mol. The molecule has 57 nitrogen and oxygen atoms in total. The van der Waals surface area contributed by atoms with Crippen molar-refractivity contribution < 1.29 is 233 Å². The number of nitrogen functional groups attached to an aromatic ring is 1. The Hall–Kier alpha value is -3.37. The van der Waals surface area contributed by atoms with E-state index in [1.807, 2.05) is 0 Å². The first kappa shape index (κ1) is 116. The number of ether oxygens (including phenoxy) is 4. The number of hydrogen-bond donors (Lipinski definition) is 24. The van der Waals surface area contributed by atoms with Gasteiger partial charge in [-0.15, -0.1) is 46.4 Å². The highest BCUT2D eigenvalue weighted by Crippen LogP contribution is 2.72. The summed E-state index contributed by atoms with van der Waals surface area (Å²) in [5.41, 5.74) is 9.27. The van der Waals surface area contributed by atoms with Crippen molar-refractivity contribution in [2.24, 2.45) is 32.2 Å². The number of rotatable bonds is 34. The third-order valence-corrected chi connectivity index (χ3v) is 34.5. The molecule has 28 N–H and O–H groups in total. The molecule has 1 aromatic rings. The van der Waals surface area contributed by atoms with Gasteiger partial charge < -0.3 is 155 Å². The summed E-state index contributed by atoms with van der Waals surface area (Å²) < 4.78 is 275. The summed E-state index contributed by atoms with van der Waals surface area (Å²) in [6.07, 6.45) is -18.0. The molecule has 0 bridgehead atoms. The summed E-state index contributed by atoms with van der Waals surface area (Å²) in [4.78, 5) is 173. The molecule has 8 rings (SSSR count). The Labute approximate surface area is 727 Å². The molecule has 0 aliphatic carbocycles. The minimum absolute atomic E-state index is 0. The molecule has 4 fully saturated rings. The van der Waals surface area contributed by atoms with Crippen molar-refractivity contribution in [3.05, 3.63) is 120 Å². The number of aliphatic hydroxyl groups is 4. The molecule has 8 heterocycles. The van der Waals surface area contributed by atoms with E-state index >= 15 is 0 Å². The minimum Gasteiger partial charge on any atom is -0.387 e. The van der Waals surface area contributed by atoms with Crippen LogP contribution < -0.4 is 28.6 Å². The summed E-state index contributed by atoms with van der Waals surface area (Å²) in [6.45, 7) is 10.7. The smallest absolute Gasteiger partial charge is 0.387 e. The zero-order chi connectivity index (χ0) is 97.1. The number of anilines is 1. The number of aliphatic imine (C=N–C) groups is 3. The van der Waals surface area contributed by atoms with Gasteiger partial charge in [-0.2, -0.15) is 26.6 Å². The molecular formula is C48H76Cl4F6N12O45P12. The number of aliphatic hydroxyl groups excluding tert-OH is 4. The molecule has 0 aromatic carbocycles. The maximum absolute atomic E-state index is 14.8. The highest BCUT2D eigenvalue weighted by molar-refractivity contribution is 7.71. The first-order valence-corrected chi connectivity index (χ1v) is 53.1. The number of hydrogen-bond acceptors (Lipinski definition) is 40. The zero-order valence-electron chi connectivity index (χ0n) is 61.6. The SMILES string of the molecule is C.C=C1N=C(N)C=CN1[C@@H]1O[C@@](/C=C\P(=O)(O)OP(=O)(O)OP(=O)(O)O)(CCl)[C@@H](O)[C@H]1F.C=C1N=C(N)C=CN1[C@@H]1O[C@](CCl)(CC(F)P(=O)(O)OP(=O)(O)OP(=O)(O)O)[C@@H](O)[C@H]1F.C=C1N=C(N)C=CN1[C@@H]1O[C@](CCl)(CCP(=O)(O)OP(=O)(O)OP(=O)(O)O)[C@@H](O)[C@H]1F.Nc1ccn([C@@H]2O[C@@](/C=C(/F)P(=O)(O)OP(=O)(O)OP(=O)(O)O)(CCl)[C@@H](O)[C@H]2F)c(=O)n1. The average Bonchev–Trinajstić information content (AvgIpc) is 1.61. The molecule has 9 unspecified atom stereocenters. The molecule has 0 spiro atoms. The Morgan fingerprint density at radius 2 is 0.850 bits per heavy atom. The minimum atomic E-state index is -6.01. The topological polar surface area (TPSA) is 906 Å². The highest BCUT2D eigenvalue weighted by atomic mass is 35.5. The van der Waals surface area contributed by atoms with E-state index in [4.69, 9.17) is 132 Å². The van der Waals surface area contributed by atoms with Crippen LogP contribution in [-0.4, -0.2) is 266 Å². The van der Waals surface area contributed by atoms with Gasteiger partial charge in [0.15, 0.2) is 49.6 Å².